The normalized spacial score (nSPS) is 10.7. The lowest BCUT2D eigenvalue weighted by atomic mass is 10.1. The first kappa shape index (κ1) is 30.3. The van der Waals surface area contributed by atoms with Gasteiger partial charge in [0.2, 0.25) is 5.91 Å². The molecule has 1 heterocycles. The molecule has 0 saturated heterocycles. The number of thioether (sulfide) groups is 1. The zero-order valence-corrected chi connectivity index (χ0v) is 24.8. The number of thiophene rings is 1. The maximum atomic E-state index is 13.7. The van der Waals surface area contributed by atoms with Crippen LogP contribution in [0, 0.1) is 6.92 Å². The number of aryl methyl sites for hydroxylation is 1. The number of carbonyl (C=O) groups is 2. The summed E-state index contributed by atoms with van der Waals surface area (Å²) < 4.78 is 16.0. The number of urea groups is 1. The maximum Gasteiger partial charge on any atom is 0.322 e. The van der Waals surface area contributed by atoms with Gasteiger partial charge in [0.05, 0.1) is 27.4 Å². The minimum Gasteiger partial charge on any atom is -0.493 e. The van der Waals surface area contributed by atoms with Gasteiger partial charge in [0, 0.05) is 35.7 Å². The highest BCUT2D eigenvalue weighted by Crippen LogP contribution is 2.28. The summed E-state index contributed by atoms with van der Waals surface area (Å²) in [5, 5.41) is 4.94. The fourth-order valence-electron chi connectivity index (χ4n) is 3.93. The molecule has 3 aromatic rings. The number of anilines is 1. The van der Waals surface area contributed by atoms with Gasteiger partial charge < -0.3 is 29.3 Å². The summed E-state index contributed by atoms with van der Waals surface area (Å²) in [6, 6.07) is 15.1. The zero-order chi connectivity index (χ0) is 28.2. The average Bonchev–Trinajstić information content (AvgIpc) is 3.37. The molecule has 0 spiro atoms. The Balaban J connectivity index is 1.75. The Labute approximate surface area is 239 Å². The van der Waals surface area contributed by atoms with Crippen molar-refractivity contribution >= 4 is 40.7 Å². The molecule has 0 radical (unpaired) electrons. The highest BCUT2D eigenvalue weighted by molar-refractivity contribution is 7.98. The van der Waals surface area contributed by atoms with Crippen LogP contribution in [0.5, 0.6) is 11.5 Å². The lowest BCUT2D eigenvalue weighted by Gasteiger charge is -2.28. The van der Waals surface area contributed by atoms with Gasteiger partial charge in [0.15, 0.2) is 11.5 Å². The third kappa shape index (κ3) is 8.91. The van der Waals surface area contributed by atoms with E-state index in [0.29, 0.717) is 49.8 Å². The number of amides is 3. The van der Waals surface area contributed by atoms with Gasteiger partial charge in [-0.05, 0) is 78.6 Å². The van der Waals surface area contributed by atoms with Crippen molar-refractivity contribution in [3.05, 3.63) is 69.9 Å². The minimum atomic E-state index is -0.343. The number of nitrogens with zero attached hydrogens (tertiary/aromatic N) is 2. The van der Waals surface area contributed by atoms with Crippen molar-refractivity contribution in [2.75, 3.05) is 59.1 Å². The van der Waals surface area contributed by atoms with Crippen LogP contribution in [0.25, 0.3) is 0 Å². The zero-order valence-electron chi connectivity index (χ0n) is 23.2. The molecule has 0 bridgehead atoms. The molecule has 0 unspecified atom stereocenters. The van der Waals surface area contributed by atoms with Crippen molar-refractivity contribution in [3.8, 4) is 11.5 Å². The second-order valence-electron chi connectivity index (χ2n) is 8.85. The number of methoxy groups -OCH3 is 3. The van der Waals surface area contributed by atoms with E-state index in [4.69, 9.17) is 14.2 Å². The summed E-state index contributed by atoms with van der Waals surface area (Å²) in [4.78, 5) is 32.4. The van der Waals surface area contributed by atoms with Gasteiger partial charge in [-0.3, -0.25) is 4.79 Å². The summed E-state index contributed by atoms with van der Waals surface area (Å²) in [5.41, 5.74) is 2.84. The predicted octanol–water partition coefficient (Wildman–Crippen LogP) is 5.55. The van der Waals surface area contributed by atoms with Gasteiger partial charge >= 0.3 is 6.03 Å². The molecule has 1 N–H and O–H groups in total. The molecule has 2 aromatic carbocycles. The summed E-state index contributed by atoms with van der Waals surface area (Å²) in [6.45, 7) is 3.56. The molecule has 0 saturated carbocycles. The van der Waals surface area contributed by atoms with Gasteiger partial charge in [-0.2, -0.15) is 0 Å². The monoisotopic (exact) mass is 571 g/mol. The van der Waals surface area contributed by atoms with Crippen molar-refractivity contribution < 1.29 is 23.8 Å². The molecular weight excluding hydrogens is 534 g/mol. The van der Waals surface area contributed by atoms with E-state index >= 15 is 0 Å². The molecule has 8 nitrogen and oxygen atoms in total. The summed E-state index contributed by atoms with van der Waals surface area (Å²) >= 11 is 3.26. The quantitative estimate of drug-likeness (QED) is 0.256. The van der Waals surface area contributed by atoms with Crippen LogP contribution in [0.3, 0.4) is 0 Å². The molecular formula is C29H37N3O5S2. The van der Waals surface area contributed by atoms with E-state index in [2.05, 4.69) is 11.4 Å². The Morgan fingerprint density at radius 1 is 0.949 bits per heavy atom. The number of benzene rings is 2. The van der Waals surface area contributed by atoms with Gasteiger partial charge in [-0.25, -0.2) is 4.79 Å². The largest absolute Gasteiger partial charge is 0.493 e. The summed E-state index contributed by atoms with van der Waals surface area (Å²) in [7, 11) is 4.79. The van der Waals surface area contributed by atoms with Crippen LogP contribution in [-0.2, 0) is 22.5 Å². The lowest BCUT2D eigenvalue weighted by Crippen LogP contribution is -2.46. The average molecular weight is 572 g/mol. The fourth-order valence-corrected chi connectivity index (χ4v) is 5.25. The molecule has 0 aliphatic heterocycles. The van der Waals surface area contributed by atoms with Crippen LogP contribution in [0.2, 0.25) is 0 Å². The number of ether oxygens (including phenoxy) is 3. The maximum absolute atomic E-state index is 13.7. The van der Waals surface area contributed by atoms with E-state index in [1.54, 1.807) is 44.4 Å². The summed E-state index contributed by atoms with van der Waals surface area (Å²) in [6.07, 6.45) is 2.63. The Morgan fingerprint density at radius 3 is 2.31 bits per heavy atom. The van der Waals surface area contributed by atoms with Crippen LogP contribution in [0.4, 0.5) is 10.5 Å². The van der Waals surface area contributed by atoms with Gasteiger partial charge in [-0.1, -0.05) is 6.07 Å². The molecule has 0 fully saturated rings. The molecule has 0 aliphatic rings. The van der Waals surface area contributed by atoms with Gasteiger partial charge in [-0.15, -0.1) is 23.1 Å². The highest BCUT2D eigenvalue weighted by atomic mass is 32.2. The number of hydrogen-bond acceptors (Lipinski definition) is 7. The molecule has 10 heteroatoms. The molecule has 3 rings (SSSR count). The molecule has 0 aliphatic carbocycles. The van der Waals surface area contributed by atoms with Crippen molar-refractivity contribution in [1.82, 2.24) is 9.80 Å². The van der Waals surface area contributed by atoms with Crippen LogP contribution >= 0.6 is 23.1 Å². The highest BCUT2D eigenvalue weighted by Gasteiger charge is 2.23. The molecule has 3 amide bonds. The van der Waals surface area contributed by atoms with Crippen molar-refractivity contribution in [2.45, 2.75) is 24.8 Å². The van der Waals surface area contributed by atoms with Gasteiger partial charge in [0.1, 0.15) is 6.54 Å². The summed E-state index contributed by atoms with van der Waals surface area (Å²) in [5.74, 6) is 1.17. The van der Waals surface area contributed by atoms with E-state index in [1.165, 1.54) is 4.90 Å². The van der Waals surface area contributed by atoms with E-state index in [0.717, 1.165) is 20.9 Å². The van der Waals surface area contributed by atoms with E-state index in [9.17, 15) is 9.59 Å². The first-order valence-electron chi connectivity index (χ1n) is 12.6. The number of nitrogens with one attached hydrogen (secondary N) is 1. The standard InChI is InChI=1S/C29H37N3O5S2/c1-21-13-17-39-27(21)19-31(14-12-22-6-11-25(36-3)26(18-22)37-4)28(33)20-32(15-16-35-2)29(34)30-23-7-9-24(38-5)10-8-23/h6-11,13,17-18H,12,14-16,19-20H2,1-5H3,(H,30,34). The Hall–Kier alpha value is -3.21. The van der Waals surface area contributed by atoms with E-state index < -0.39 is 0 Å². The third-order valence-electron chi connectivity index (χ3n) is 6.29. The van der Waals surface area contributed by atoms with Gasteiger partial charge in [0.25, 0.3) is 0 Å². The van der Waals surface area contributed by atoms with Crippen molar-refractivity contribution in [3.63, 3.8) is 0 Å². The Kier molecular flexibility index (Phi) is 12.0. The third-order valence-corrected chi connectivity index (χ3v) is 8.04. The van der Waals surface area contributed by atoms with Crippen molar-refractivity contribution in [1.29, 1.82) is 0 Å². The second kappa shape index (κ2) is 15.4. The molecule has 1 aromatic heterocycles. The van der Waals surface area contributed by atoms with Crippen LogP contribution in [0.1, 0.15) is 16.0 Å². The predicted molar refractivity (Wildman–Crippen MR) is 158 cm³/mol. The molecule has 39 heavy (non-hydrogen) atoms. The number of carbonyl (C=O) groups excluding carboxylic acids is 2. The first-order valence-corrected chi connectivity index (χ1v) is 14.7. The Morgan fingerprint density at radius 2 is 1.69 bits per heavy atom. The van der Waals surface area contributed by atoms with Crippen LogP contribution in [0.15, 0.2) is 58.8 Å². The SMILES string of the molecule is COCCN(CC(=O)N(CCc1ccc(OC)c(OC)c1)Cc1sccc1C)C(=O)Nc1ccc(SC)cc1. The minimum absolute atomic E-state index is 0.0611. The van der Waals surface area contributed by atoms with Crippen LogP contribution in [-0.4, -0.2) is 75.6 Å². The second-order valence-corrected chi connectivity index (χ2v) is 10.7. The van der Waals surface area contributed by atoms with Crippen LogP contribution < -0.4 is 14.8 Å². The van der Waals surface area contributed by atoms with E-state index in [1.807, 2.05) is 65.9 Å². The smallest absolute Gasteiger partial charge is 0.322 e. The first-order chi connectivity index (χ1) is 18.9. The van der Waals surface area contributed by atoms with Crippen molar-refractivity contribution in [2.24, 2.45) is 0 Å². The Bertz CT molecular complexity index is 1220. The topological polar surface area (TPSA) is 80.3 Å². The molecule has 0 atom stereocenters. The lowest BCUT2D eigenvalue weighted by molar-refractivity contribution is -0.132. The number of rotatable bonds is 14. The fraction of sp³-hybridized carbons (Fsp3) is 0.379. The van der Waals surface area contributed by atoms with E-state index in [-0.39, 0.29) is 18.5 Å². The number of hydrogen-bond donors (Lipinski definition) is 1. The molecule has 210 valence electrons.